The van der Waals surface area contributed by atoms with E-state index in [1.807, 2.05) is 6.92 Å². The fourth-order valence-corrected chi connectivity index (χ4v) is 2.90. The van der Waals surface area contributed by atoms with Crippen molar-refractivity contribution in [2.24, 2.45) is 0 Å². The van der Waals surface area contributed by atoms with E-state index in [4.69, 9.17) is 0 Å². The Hall–Kier alpha value is -1.55. The van der Waals surface area contributed by atoms with Crippen molar-refractivity contribution in [1.29, 1.82) is 0 Å². The van der Waals surface area contributed by atoms with Gasteiger partial charge in [-0.1, -0.05) is 25.1 Å². The third-order valence-corrected chi connectivity index (χ3v) is 4.70. The van der Waals surface area contributed by atoms with E-state index in [9.17, 15) is 4.79 Å². The van der Waals surface area contributed by atoms with Crippen LogP contribution in [0.2, 0.25) is 0 Å². The van der Waals surface area contributed by atoms with Crippen LogP contribution in [0.25, 0.3) is 0 Å². The van der Waals surface area contributed by atoms with Gasteiger partial charge in [0, 0.05) is 37.9 Å². The molecule has 0 radical (unpaired) electrons. The Bertz CT molecular complexity index is 495. The van der Waals surface area contributed by atoms with Gasteiger partial charge in [0.1, 0.15) is 0 Å². The summed E-state index contributed by atoms with van der Waals surface area (Å²) in [4.78, 5) is 17.0. The fourth-order valence-electron chi connectivity index (χ4n) is 2.90. The Labute approximate surface area is 134 Å². The molecule has 2 rings (SSSR count). The third kappa shape index (κ3) is 4.01. The van der Waals surface area contributed by atoms with Gasteiger partial charge in [-0.25, -0.2) is 0 Å². The Morgan fingerprint density at radius 1 is 1.18 bits per heavy atom. The van der Waals surface area contributed by atoms with E-state index in [2.05, 4.69) is 60.2 Å². The molecule has 0 aliphatic carbocycles. The van der Waals surface area contributed by atoms with E-state index < -0.39 is 0 Å². The number of aryl methyl sites for hydroxylation is 1. The highest BCUT2D eigenvalue weighted by atomic mass is 16.2. The summed E-state index contributed by atoms with van der Waals surface area (Å²) in [5.74, 6) is 0.152. The molecule has 22 heavy (non-hydrogen) atoms. The van der Waals surface area contributed by atoms with Gasteiger partial charge < -0.3 is 10.2 Å². The summed E-state index contributed by atoms with van der Waals surface area (Å²) < 4.78 is 0. The number of benzene rings is 1. The maximum atomic E-state index is 12.3. The van der Waals surface area contributed by atoms with Crippen molar-refractivity contribution >= 4 is 11.6 Å². The Morgan fingerprint density at radius 2 is 1.82 bits per heavy atom. The van der Waals surface area contributed by atoms with Gasteiger partial charge in [-0.15, -0.1) is 0 Å². The number of hydrogen-bond donors (Lipinski definition) is 1. The van der Waals surface area contributed by atoms with E-state index in [1.54, 1.807) is 0 Å². The van der Waals surface area contributed by atoms with Crippen LogP contribution >= 0.6 is 0 Å². The maximum Gasteiger partial charge on any atom is 0.237 e. The molecule has 1 fully saturated rings. The lowest BCUT2D eigenvalue weighted by atomic mass is 10.1. The first-order valence-corrected chi connectivity index (χ1v) is 8.38. The third-order valence-electron chi connectivity index (χ3n) is 4.70. The number of nitrogens with zero attached hydrogens (tertiary/aromatic N) is 2. The highest BCUT2D eigenvalue weighted by Gasteiger charge is 2.26. The first kappa shape index (κ1) is 16.8. The highest BCUT2D eigenvalue weighted by molar-refractivity contribution is 5.81. The van der Waals surface area contributed by atoms with E-state index in [0.29, 0.717) is 0 Å². The molecule has 0 spiro atoms. The highest BCUT2D eigenvalue weighted by Crippen LogP contribution is 2.21. The lowest BCUT2D eigenvalue weighted by molar-refractivity contribution is -0.126. The van der Waals surface area contributed by atoms with Crippen LogP contribution in [0.3, 0.4) is 0 Å². The SMILES string of the molecule is CC[C@@H](C)NC(=O)[C@H](C)N1CCN(c2ccccc2C)CC1. The number of hydrogen-bond acceptors (Lipinski definition) is 3. The summed E-state index contributed by atoms with van der Waals surface area (Å²) in [5.41, 5.74) is 2.64. The molecule has 0 saturated carbocycles. The monoisotopic (exact) mass is 303 g/mol. The first-order valence-electron chi connectivity index (χ1n) is 8.38. The fraction of sp³-hybridized carbons (Fsp3) is 0.611. The zero-order chi connectivity index (χ0) is 16.1. The van der Waals surface area contributed by atoms with Crippen molar-refractivity contribution in [3.8, 4) is 0 Å². The van der Waals surface area contributed by atoms with Crippen LogP contribution in [-0.2, 0) is 4.79 Å². The minimum atomic E-state index is -0.0481. The number of carbonyl (C=O) groups excluding carboxylic acids is 1. The van der Waals surface area contributed by atoms with Gasteiger partial charge in [-0.3, -0.25) is 9.69 Å². The lowest BCUT2D eigenvalue weighted by Gasteiger charge is -2.39. The molecule has 1 aromatic rings. The zero-order valence-electron chi connectivity index (χ0n) is 14.3. The van der Waals surface area contributed by atoms with Gasteiger partial charge in [0.25, 0.3) is 0 Å². The molecule has 1 saturated heterocycles. The van der Waals surface area contributed by atoms with Crippen LogP contribution < -0.4 is 10.2 Å². The molecule has 1 aliphatic heterocycles. The Kier molecular flexibility index (Phi) is 5.83. The molecule has 1 aromatic carbocycles. The van der Waals surface area contributed by atoms with Gasteiger partial charge in [-0.2, -0.15) is 0 Å². The Morgan fingerprint density at radius 3 is 2.41 bits per heavy atom. The second kappa shape index (κ2) is 7.63. The molecule has 122 valence electrons. The zero-order valence-corrected chi connectivity index (χ0v) is 14.3. The predicted molar refractivity (Wildman–Crippen MR) is 92.3 cm³/mol. The predicted octanol–water partition coefficient (Wildman–Crippen LogP) is 2.42. The Balaban J connectivity index is 1.89. The van der Waals surface area contributed by atoms with Gasteiger partial charge >= 0.3 is 0 Å². The van der Waals surface area contributed by atoms with Crippen molar-refractivity contribution in [1.82, 2.24) is 10.2 Å². The van der Waals surface area contributed by atoms with Crippen molar-refractivity contribution in [3.63, 3.8) is 0 Å². The summed E-state index contributed by atoms with van der Waals surface area (Å²) in [7, 11) is 0. The number of nitrogens with one attached hydrogen (secondary N) is 1. The summed E-state index contributed by atoms with van der Waals surface area (Å²) in [6.07, 6.45) is 0.972. The standard InChI is InChI=1S/C18H29N3O/c1-5-15(3)19-18(22)16(4)20-10-12-21(13-11-20)17-9-7-6-8-14(17)2/h6-9,15-16H,5,10-13H2,1-4H3,(H,19,22)/t15-,16+/m1/s1. The summed E-state index contributed by atoms with van der Waals surface area (Å²) in [5, 5.41) is 3.08. The van der Waals surface area contributed by atoms with Crippen molar-refractivity contribution in [2.75, 3.05) is 31.1 Å². The number of carbonyl (C=O) groups is 1. The normalized spacial score (nSPS) is 18.8. The molecular weight excluding hydrogens is 274 g/mol. The van der Waals surface area contributed by atoms with Crippen LogP contribution in [0.1, 0.15) is 32.8 Å². The second-order valence-electron chi connectivity index (χ2n) is 6.30. The van der Waals surface area contributed by atoms with E-state index in [0.717, 1.165) is 32.6 Å². The van der Waals surface area contributed by atoms with Gasteiger partial charge in [0.05, 0.1) is 6.04 Å². The van der Waals surface area contributed by atoms with Gasteiger partial charge in [0.15, 0.2) is 0 Å². The van der Waals surface area contributed by atoms with Crippen LogP contribution in [0, 0.1) is 6.92 Å². The van der Waals surface area contributed by atoms with Crippen molar-refractivity contribution in [3.05, 3.63) is 29.8 Å². The molecule has 1 aliphatic rings. The lowest BCUT2D eigenvalue weighted by Crippen LogP contribution is -2.54. The summed E-state index contributed by atoms with van der Waals surface area (Å²) in [6.45, 7) is 12.1. The summed E-state index contributed by atoms with van der Waals surface area (Å²) >= 11 is 0. The molecule has 2 atom stereocenters. The van der Waals surface area contributed by atoms with Crippen molar-refractivity contribution < 1.29 is 4.79 Å². The smallest absolute Gasteiger partial charge is 0.237 e. The molecule has 1 heterocycles. The number of anilines is 1. The average Bonchev–Trinajstić information content (AvgIpc) is 2.54. The molecule has 0 aromatic heterocycles. The summed E-state index contributed by atoms with van der Waals surface area (Å²) in [6, 6.07) is 8.72. The van der Waals surface area contributed by atoms with Crippen LogP contribution in [-0.4, -0.2) is 49.1 Å². The molecule has 1 N–H and O–H groups in total. The average molecular weight is 303 g/mol. The minimum absolute atomic E-state index is 0.0481. The first-order chi connectivity index (χ1) is 10.5. The number of piperazine rings is 1. The van der Waals surface area contributed by atoms with E-state index in [1.165, 1.54) is 11.3 Å². The van der Waals surface area contributed by atoms with Crippen LogP contribution in [0.5, 0.6) is 0 Å². The topological polar surface area (TPSA) is 35.6 Å². The molecule has 4 heteroatoms. The van der Waals surface area contributed by atoms with Crippen LogP contribution in [0.4, 0.5) is 5.69 Å². The van der Waals surface area contributed by atoms with Gasteiger partial charge in [-0.05, 0) is 38.8 Å². The number of para-hydroxylation sites is 1. The van der Waals surface area contributed by atoms with Crippen LogP contribution in [0.15, 0.2) is 24.3 Å². The van der Waals surface area contributed by atoms with E-state index >= 15 is 0 Å². The minimum Gasteiger partial charge on any atom is -0.369 e. The molecule has 0 bridgehead atoms. The molecule has 0 unspecified atom stereocenters. The van der Waals surface area contributed by atoms with Crippen molar-refractivity contribution in [2.45, 2.75) is 46.2 Å². The second-order valence-corrected chi connectivity index (χ2v) is 6.30. The number of rotatable bonds is 5. The van der Waals surface area contributed by atoms with Gasteiger partial charge in [0.2, 0.25) is 5.91 Å². The maximum absolute atomic E-state index is 12.3. The van der Waals surface area contributed by atoms with E-state index in [-0.39, 0.29) is 18.0 Å². The largest absolute Gasteiger partial charge is 0.369 e. The quantitative estimate of drug-likeness (QED) is 0.907. The molecule has 4 nitrogen and oxygen atoms in total. The molecular formula is C18H29N3O. The number of amides is 1. The molecule has 1 amide bonds.